The van der Waals surface area contributed by atoms with Crippen molar-refractivity contribution in [1.82, 2.24) is 20.1 Å². The van der Waals surface area contributed by atoms with Gasteiger partial charge in [0.05, 0.1) is 17.8 Å². The number of hydrogen-bond acceptors (Lipinski definition) is 8. The van der Waals surface area contributed by atoms with E-state index in [1.165, 1.54) is 67.3 Å². The second kappa shape index (κ2) is 13.5. The van der Waals surface area contributed by atoms with E-state index in [1.54, 1.807) is 4.90 Å². The maximum absolute atomic E-state index is 13.1. The molecule has 4 aliphatic heterocycles. The van der Waals surface area contributed by atoms with Crippen LogP contribution in [0.25, 0.3) is 0 Å². The Balaban J connectivity index is 0.773. The number of rotatable bonds is 6. The Labute approximate surface area is 306 Å². The molecule has 0 unspecified atom stereocenters. The van der Waals surface area contributed by atoms with Crippen molar-refractivity contribution in [3.63, 3.8) is 0 Å². The number of hydrogen-bond donors (Lipinski definition) is 2. The molecule has 3 saturated heterocycles. The number of nitrogens with one attached hydrogen (secondary N) is 1. The van der Waals surface area contributed by atoms with Gasteiger partial charge in [0.15, 0.2) is 0 Å². The molecule has 10 heteroatoms. The zero-order valence-electron chi connectivity index (χ0n) is 30.1. The molecule has 5 heterocycles. The third kappa shape index (κ3) is 6.12. The average Bonchev–Trinajstić information content (AvgIpc) is 3.76. The summed E-state index contributed by atoms with van der Waals surface area (Å²) in [6, 6.07) is 18.8. The molecule has 272 valence electrons. The molecule has 2 aliphatic carbocycles. The Kier molecular flexibility index (Phi) is 8.68. The molecule has 0 radical (unpaired) electrons. The van der Waals surface area contributed by atoms with E-state index in [-0.39, 0.29) is 18.2 Å². The number of piperidine rings is 2. The van der Waals surface area contributed by atoms with Gasteiger partial charge in [0, 0.05) is 63.8 Å². The lowest BCUT2D eigenvalue weighted by atomic mass is 9.60. The predicted molar refractivity (Wildman–Crippen MR) is 199 cm³/mol. The molecule has 1 aromatic heterocycles. The van der Waals surface area contributed by atoms with Crippen LogP contribution in [0, 0.1) is 11.3 Å². The number of phenols is 1. The highest BCUT2D eigenvalue weighted by molar-refractivity contribution is 6.05. The molecule has 10 nitrogen and oxygen atoms in total. The molecule has 0 bridgehead atoms. The summed E-state index contributed by atoms with van der Waals surface area (Å²) >= 11 is 0. The van der Waals surface area contributed by atoms with Gasteiger partial charge < -0.3 is 19.8 Å². The normalized spacial score (nSPS) is 25.1. The zero-order valence-corrected chi connectivity index (χ0v) is 30.1. The van der Waals surface area contributed by atoms with Crippen molar-refractivity contribution in [1.29, 1.82) is 0 Å². The number of imide groups is 1. The Hall–Kier alpha value is -4.44. The first-order chi connectivity index (χ1) is 25.3. The highest BCUT2D eigenvalue weighted by atomic mass is 16.3. The van der Waals surface area contributed by atoms with Crippen LogP contribution in [-0.2, 0) is 22.6 Å². The first-order valence-corrected chi connectivity index (χ1v) is 19.6. The summed E-state index contributed by atoms with van der Waals surface area (Å²) in [4.78, 5) is 51.1. The second-order valence-corrected chi connectivity index (χ2v) is 16.3. The van der Waals surface area contributed by atoms with Crippen LogP contribution in [-0.4, -0.2) is 89.5 Å². The number of carbonyl (C=O) groups is 3. The minimum atomic E-state index is -0.620. The fourth-order valence-electron chi connectivity index (χ4n) is 10.5. The molecule has 1 spiro atoms. The van der Waals surface area contributed by atoms with E-state index < -0.39 is 11.9 Å². The van der Waals surface area contributed by atoms with Crippen molar-refractivity contribution in [2.24, 2.45) is 11.3 Å². The van der Waals surface area contributed by atoms with Crippen molar-refractivity contribution < 1.29 is 19.5 Å². The molecule has 2 atom stereocenters. The van der Waals surface area contributed by atoms with Gasteiger partial charge >= 0.3 is 0 Å². The van der Waals surface area contributed by atoms with E-state index in [9.17, 15) is 19.5 Å². The first-order valence-electron chi connectivity index (χ1n) is 19.6. The first kappa shape index (κ1) is 33.4. The molecular formula is C42H50N6O4. The van der Waals surface area contributed by atoms with Crippen molar-refractivity contribution in [2.45, 2.75) is 82.7 Å². The zero-order chi connectivity index (χ0) is 35.4. The van der Waals surface area contributed by atoms with Gasteiger partial charge in [0.2, 0.25) is 11.8 Å². The number of phenolic OH excluding ortho intramolecular Hbond substituents is 1. The fraction of sp³-hybridized carbons (Fsp3) is 0.524. The third-order valence-corrected chi connectivity index (χ3v) is 13.3. The molecule has 6 aliphatic rings. The number of pyridine rings is 1. The molecule has 2 aromatic carbocycles. The van der Waals surface area contributed by atoms with Gasteiger partial charge in [-0.15, -0.1) is 0 Å². The van der Waals surface area contributed by atoms with Gasteiger partial charge in [-0.1, -0.05) is 31.0 Å². The minimum Gasteiger partial charge on any atom is -0.508 e. The molecule has 3 aromatic rings. The fourth-order valence-corrected chi connectivity index (χ4v) is 10.5. The van der Waals surface area contributed by atoms with Crippen molar-refractivity contribution in [3.8, 4) is 5.75 Å². The van der Waals surface area contributed by atoms with E-state index in [2.05, 4.69) is 50.3 Å². The van der Waals surface area contributed by atoms with Crippen molar-refractivity contribution in [2.75, 3.05) is 55.6 Å². The van der Waals surface area contributed by atoms with Crippen LogP contribution < -0.4 is 15.1 Å². The van der Waals surface area contributed by atoms with E-state index in [0.29, 0.717) is 47.2 Å². The van der Waals surface area contributed by atoms with Crippen LogP contribution in [0.2, 0.25) is 0 Å². The van der Waals surface area contributed by atoms with E-state index in [1.807, 2.05) is 24.3 Å². The number of aromatic nitrogens is 1. The molecule has 4 fully saturated rings. The highest BCUT2D eigenvalue weighted by Crippen LogP contribution is 2.58. The quantitative estimate of drug-likeness (QED) is 0.337. The minimum absolute atomic E-state index is 0.179. The summed E-state index contributed by atoms with van der Waals surface area (Å²) in [5, 5.41) is 12.6. The van der Waals surface area contributed by atoms with Gasteiger partial charge in [-0.2, -0.15) is 0 Å². The SMILES string of the molecule is O=C1CC[C@H](N2Cc3nc(N4CCN(CC5CCN(c6ccc([C@H]7c8ccc(O)cc8CCC78CCCC8)cc6)CC5)CC4)ccc3C2=O)C(=O)N1. The van der Waals surface area contributed by atoms with E-state index >= 15 is 0 Å². The highest BCUT2D eigenvalue weighted by Gasteiger charge is 2.46. The number of amides is 3. The van der Waals surface area contributed by atoms with Crippen LogP contribution in [0.3, 0.4) is 0 Å². The monoisotopic (exact) mass is 702 g/mol. The van der Waals surface area contributed by atoms with Crippen LogP contribution in [0.15, 0.2) is 54.6 Å². The summed E-state index contributed by atoms with van der Waals surface area (Å²) in [6.07, 6.45) is 10.6. The number of aromatic hydroxyl groups is 1. The summed E-state index contributed by atoms with van der Waals surface area (Å²) in [5.74, 6) is 1.53. The Morgan fingerprint density at radius 1 is 0.808 bits per heavy atom. The van der Waals surface area contributed by atoms with Gasteiger partial charge in [-0.05, 0) is 109 Å². The summed E-state index contributed by atoms with van der Waals surface area (Å²) < 4.78 is 0. The topological polar surface area (TPSA) is 109 Å². The van der Waals surface area contributed by atoms with Crippen LogP contribution >= 0.6 is 0 Å². The largest absolute Gasteiger partial charge is 0.508 e. The number of aryl methyl sites for hydroxylation is 1. The number of carbonyl (C=O) groups excluding carboxylic acids is 3. The van der Waals surface area contributed by atoms with E-state index in [0.717, 1.165) is 58.1 Å². The van der Waals surface area contributed by atoms with Crippen LogP contribution in [0.4, 0.5) is 11.5 Å². The number of anilines is 2. The lowest BCUT2D eigenvalue weighted by Crippen LogP contribution is -2.52. The van der Waals surface area contributed by atoms with E-state index in [4.69, 9.17) is 4.98 Å². The van der Waals surface area contributed by atoms with Crippen molar-refractivity contribution in [3.05, 3.63) is 82.5 Å². The van der Waals surface area contributed by atoms with Gasteiger partial charge in [-0.25, -0.2) is 4.98 Å². The smallest absolute Gasteiger partial charge is 0.256 e. The number of piperazine rings is 1. The lowest BCUT2D eigenvalue weighted by molar-refractivity contribution is -0.136. The Bertz CT molecular complexity index is 1860. The molecule has 52 heavy (non-hydrogen) atoms. The maximum Gasteiger partial charge on any atom is 0.256 e. The van der Waals surface area contributed by atoms with Crippen LogP contribution in [0.1, 0.15) is 96.4 Å². The van der Waals surface area contributed by atoms with Gasteiger partial charge in [0.25, 0.3) is 5.91 Å². The molecule has 9 rings (SSSR count). The molecular weight excluding hydrogens is 653 g/mol. The number of nitrogens with zero attached hydrogens (tertiary/aromatic N) is 5. The maximum atomic E-state index is 13.1. The Morgan fingerprint density at radius 2 is 1.58 bits per heavy atom. The third-order valence-electron chi connectivity index (χ3n) is 13.3. The Morgan fingerprint density at radius 3 is 2.33 bits per heavy atom. The van der Waals surface area contributed by atoms with Crippen LogP contribution in [0.5, 0.6) is 5.75 Å². The molecule has 1 saturated carbocycles. The lowest BCUT2D eigenvalue weighted by Gasteiger charge is -2.43. The number of benzene rings is 2. The van der Waals surface area contributed by atoms with Gasteiger partial charge in [0.1, 0.15) is 17.6 Å². The standard InChI is InChI=1S/C42H50N6O4/c49-32-7-8-33-30(25-32)13-18-42(16-1-2-17-42)39(33)29-3-5-31(6-4-29)46-19-14-28(15-20-46)26-45-21-23-47(24-22-45)37-11-9-34-35(43-37)27-48(41(34)52)36-10-12-38(50)44-40(36)51/h3-9,11,25,28,36,39,49H,1-2,10,12-24,26-27H2,(H,44,50,51)/t36-,39-/m0/s1. The van der Waals surface area contributed by atoms with Crippen molar-refractivity contribution >= 4 is 29.2 Å². The summed E-state index contributed by atoms with van der Waals surface area (Å²) in [6.45, 7) is 7.40. The summed E-state index contributed by atoms with van der Waals surface area (Å²) in [5.41, 5.74) is 7.16. The predicted octanol–water partition coefficient (Wildman–Crippen LogP) is 5.23. The number of fused-ring (bicyclic) bond motifs is 2. The molecule has 2 N–H and O–H groups in total. The molecule has 3 amide bonds. The average molecular weight is 703 g/mol. The van der Waals surface area contributed by atoms with Gasteiger partial charge in [-0.3, -0.25) is 24.6 Å². The second-order valence-electron chi connectivity index (χ2n) is 16.3. The summed E-state index contributed by atoms with van der Waals surface area (Å²) in [7, 11) is 0.